The number of hydrogen-bond donors (Lipinski definition) is 0. The van der Waals surface area contributed by atoms with Gasteiger partial charge in [-0.2, -0.15) is 0 Å². The van der Waals surface area contributed by atoms with Gasteiger partial charge in [-0.15, -0.1) is 0 Å². The van der Waals surface area contributed by atoms with Crippen molar-refractivity contribution in [3.63, 3.8) is 0 Å². The van der Waals surface area contributed by atoms with Crippen molar-refractivity contribution in [3.8, 4) is 0 Å². The molecule has 1 heterocycles. The zero-order valence-electron chi connectivity index (χ0n) is 15.8. The van der Waals surface area contributed by atoms with Gasteiger partial charge in [0, 0.05) is 6.61 Å². The van der Waals surface area contributed by atoms with Gasteiger partial charge in [0.25, 0.3) is 0 Å². The summed E-state index contributed by atoms with van der Waals surface area (Å²) >= 11 is 0. The molecular weight excluding hydrogens is 280 g/mol. The van der Waals surface area contributed by atoms with Crippen molar-refractivity contribution in [2.75, 3.05) is 6.61 Å². The highest BCUT2D eigenvalue weighted by Gasteiger charge is 2.34. The lowest BCUT2D eigenvalue weighted by atomic mass is 9.68. The minimum Gasteiger partial charge on any atom is -0.378 e. The molecule has 0 bridgehead atoms. The van der Waals surface area contributed by atoms with Crippen LogP contribution in [0.5, 0.6) is 0 Å². The first-order valence-corrected chi connectivity index (χ1v) is 10.9. The van der Waals surface area contributed by atoms with Gasteiger partial charge >= 0.3 is 0 Å². The van der Waals surface area contributed by atoms with Gasteiger partial charge in [0.1, 0.15) is 0 Å². The van der Waals surface area contributed by atoms with E-state index in [0.29, 0.717) is 6.10 Å². The third-order valence-electron chi connectivity index (χ3n) is 7.58. The van der Waals surface area contributed by atoms with Crippen LogP contribution in [0.3, 0.4) is 0 Å². The monoisotopic (exact) mass is 320 g/mol. The predicted octanol–water partition coefficient (Wildman–Crippen LogP) is 6.60. The van der Waals surface area contributed by atoms with E-state index < -0.39 is 0 Å². The van der Waals surface area contributed by atoms with Crippen LogP contribution >= 0.6 is 0 Å². The molecule has 3 fully saturated rings. The van der Waals surface area contributed by atoms with E-state index in [4.69, 9.17) is 4.74 Å². The molecule has 0 aromatic rings. The van der Waals surface area contributed by atoms with Crippen molar-refractivity contribution < 1.29 is 4.74 Å². The fourth-order valence-electron chi connectivity index (χ4n) is 5.89. The maximum Gasteiger partial charge on any atom is 0.0603 e. The van der Waals surface area contributed by atoms with Crippen LogP contribution in [0.25, 0.3) is 0 Å². The summed E-state index contributed by atoms with van der Waals surface area (Å²) in [6.45, 7) is 5.74. The van der Waals surface area contributed by atoms with Crippen molar-refractivity contribution in [2.24, 2.45) is 29.6 Å². The van der Waals surface area contributed by atoms with Crippen LogP contribution in [0.15, 0.2) is 0 Å². The summed E-state index contributed by atoms with van der Waals surface area (Å²) in [4.78, 5) is 0. The summed E-state index contributed by atoms with van der Waals surface area (Å²) in [5, 5.41) is 0. The average molecular weight is 321 g/mol. The number of ether oxygens (including phenoxy) is 1. The molecule has 0 aromatic heterocycles. The van der Waals surface area contributed by atoms with E-state index in [9.17, 15) is 0 Å². The Morgan fingerprint density at radius 2 is 1.22 bits per heavy atom. The van der Waals surface area contributed by atoms with Gasteiger partial charge < -0.3 is 4.74 Å². The normalized spacial score (nSPS) is 42.5. The highest BCUT2D eigenvalue weighted by atomic mass is 16.5. The van der Waals surface area contributed by atoms with E-state index in [1.807, 2.05) is 0 Å². The highest BCUT2D eigenvalue weighted by molar-refractivity contribution is 4.85. The molecule has 1 heteroatoms. The maximum absolute atomic E-state index is 6.29. The van der Waals surface area contributed by atoms with Crippen LogP contribution in [0.4, 0.5) is 0 Å². The molecule has 0 radical (unpaired) electrons. The van der Waals surface area contributed by atoms with Crippen molar-refractivity contribution in [1.29, 1.82) is 0 Å². The Morgan fingerprint density at radius 1 is 0.652 bits per heavy atom. The van der Waals surface area contributed by atoms with Gasteiger partial charge in [0.15, 0.2) is 0 Å². The minimum atomic E-state index is 0.611. The number of rotatable bonds is 5. The summed E-state index contributed by atoms with van der Waals surface area (Å²) in [6.07, 6.45) is 19.5. The Balaban J connectivity index is 1.37. The lowest BCUT2D eigenvalue weighted by Gasteiger charge is -2.41. The third-order valence-corrected chi connectivity index (χ3v) is 7.58. The van der Waals surface area contributed by atoms with E-state index in [0.717, 1.165) is 36.2 Å². The standard InChI is InChI=1S/C22H40O/c1-3-5-18-8-15-22(23-16-18)21-13-11-20(12-14-21)19-9-6-17(4-2)7-10-19/h17-22H,3-16H2,1-2H3. The highest BCUT2D eigenvalue weighted by Crippen LogP contribution is 2.43. The molecule has 0 amide bonds. The van der Waals surface area contributed by atoms with E-state index in [2.05, 4.69) is 13.8 Å². The molecule has 23 heavy (non-hydrogen) atoms. The first-order valence-electron chi connectivity index (χ1n) is 10.9. The van der Waals surface area contributed by atoms with E-state index in [1.54, 1.807) is 0 Å². The van der Waals surface area contributed by atoms with Gasteiger partial charge in [0.2, 0.25) is 0 Å². The van der Waals surface area contributed by atoms with Gasteiger partial charge in [0.05, 0.1) is 6.10 Å². The molecule has 2 unspecified atom stereocenters. The third kappa shape index (κ3) is 4.74. The second kappa shape index (κ2) is 8.88. The van der Waals surface area contributed by atoms with Crippen molar-refractivity contribution in [1.82, 2.24) is 0 Å². The molecule has 1 aliphatic heterocycles. The molecule has 0 N–H and O–H groups in total. The molecule has 2 saturated carbocycles. The fraction of sp³-hybridized carbons (Fsp3) is 1.00. The first kappa shape index (κ1) is 17.8. The van der Waals surface area contributed by atoms with Crippen molar-refractivity contribution in [2.45, 2.75) is 103 Å². The van der Waals surface area contributed by atoms with Crippen molar-refractivity contribution >= 4 is 0 Å². The zero-order valence-corrected chi connectivity index (χ0v) is 15.8. The van der Waals surface area contributed by atoms with Crippen LogP contribution in [-0.2, 0) is 4.74 Å². The van der Waals surface area contributed by atoms with Crippen LogP contribution in [0.1, 0.15) is 97.3 Å². The molecule has 0 spiro atoms. The summed E-state index contributed by atoms with van der Waals surface area (Å²) in [7, 11) is 0. The van der Waals surface area contributed by atoms with E-state index in [-0.39, 0.29) is 0 Å². The minimum absolute atomic E-state index is 0.611. The Hall–Kier alpha value is -0.0400. The van der Waals surface area contributed by atoms with Gasteiger partial charge in [-0.3, -0.25) is 0 Å². The fourth-order valence-corrected chi connectivity index (χ4v) is 5.89. The summed E-state index contributed by atoms with van der Waals surface area (Å²) in [6, 6.07) is 0. The zero-order chi connectivity index (χ0) is 16.1. The predicted molar refractivity (Wildman–Crippen MR) is 98.6 cm³/mol. The van der Waals surface area contributed by atoms with Gasteiger partial charge in [-0.25, -0.2) is 0 Å². The second-order valence-electron chi connectivity index (χ2n) is 8.97. The van der Waals surface area contributed by atoms with Crippen molar-refractivity contribution in [3.05, 3.63) is 0 Å². The second-order valence-corrected chi connectivity index (χ2v) is 8.97. The molecule has 1 saturated heterocycles. The average Bonchev–Trinajstić information content (AvgIpc) is 2.63. The molecule has 1 nitrogen and oxygen atoms in total. The van der Waals surface area contributed by atoms with Crippen LogP contribution in [0.2, 0.25) is 0 Å². The molecule has 134 valence electrons. The largest absolute Gasteiger partial charge is 0.378 e. The Kier molecular flexibility index (Phi) is 6.86. The molecular formula is C22H40O. The van der Waals surface area contributed by atoms with Crippen LogP contribution in [-0.4, -0.2) is 12.7 Å². The Morgan fingerprint density at radius 3 is 1.74 bits per heavy atom. The molecule has 0 aromatic carbocycles. The Bertz CT molecular complexity index is 315. The summed E-state index contributed by atoms with van der Waals surface area (Å²) in [5.74, 6) is 4.93. The molecule has 2 atom stereocenters. The maximum atomic E-state index is 6.29. The summed E-state index contributed by atoms with van der Waals surface area (Å²) < 4.78 is 6.29. The quantitative estimate of drug-likeness (QED) is 0.554. The number of hydrogen-bond acceptors (Lipinski definition) is 1. The Labute approximate surface area is 144 Å². The SMILES string of the molecule is CCCC1CCC(C2CCC(C3CCC(CC)CC3)CC2)OC1. The van der Waals surface area contributed by atoms with Gasteiger partial charge in [-0.1, -0.05) is 39.5 Å². The lowest BCUT2D eigenvalue weighted by Crippen LogP contribution is -2.35. The smallest absolute Gasteiger partial charge is 0.0603 e. The van der Waals surface area contributed by atoms with Crippen LogP contribution < -0.4 is 0 Å². The van der Waals surface area contributed by atoms with Gasteiger partial charge in [-0.05, 0) is 87.4 Å². The van der Waals surface area contributed by atoms with Crippen LogP contribution in [0, 0.1) is 29.6 Å². The van der Waals surface area contributed by atoms with E-state index >= 15 is 0 Å². The topological polar surface area (TPSA) is 9.23 Å². The molecule has 3 rings (SSSR count). The first-order chi connectivity index (χ1) is 11.3. The molecule has 3 aliphatic rings. The molecule has 2 aliphatic carbocycles. The van der Waals surface area contributed by atoms with E-state index in [1.165, 1.54) is 83.5 Å². The summed E-state index contributed by atoms with van der Waals surface area (Å²) in [5.41, 5.74) is 0. The lowest BCUT2D eigenvalue weighted by molar-refractivity contribution is -0.0618.